The fourth-order valence-electron chi connectivity index (χ4n) is 7.56. The van der Waals surface area contributed by atoms with Gasteiger partial charge in [0.15, 0.2) is 6.23 Å². The molecule has 39 heavy (non-hydrogen) atoms. The first-order valence-corrected chi connectivity index (χ1v) is 16.0. The highest BCUT2D eigenvalue weighted by atomic mass is 16.5. The third kappa shape index (κ3) is 5.72. The van der Waals surface area contributed by atoms with Gasteiger partial charge in [-0.3, -0.25) is 0 Å². The minimum Gasteiger partial charge on any atom is -0.485 e. The number of fused-ring (bicyclic) bond motifs is 3. The zero-order valence-corrected chi connectivity index (χ0v) is 24.0. The van der Waals surface area contributed by atoms with Crippen LogP contribution in [0.3, 0.4) is 0 Å². The van der Waals surface area contributed by atoms with Crippen LogP contribution in [-0.4, -0.2) is 42.0 Å². The van der Waals surface area contributed by atoms with Gasteiger partial charge in [0.1, 0.15) is 17.7 Å². The lowest BCUT2D eigenvalue weighted by molar-refractivity contribution is 0.0174. The average Bonchev–Trinajstić information content (AvgIpc) is 3.36. The van der Waals surface area contributed by atoms with Gasteiger partial charge in [-0.15, -0.1) is 0 Å². The molecular formula is C34H48N2O3. The second kappa shape index (κ2) is 12.2. The zero-order valence-electron chi connectivity index (χ0n) is 24.0. The van der Waals surface area contributed by atoms with Gasteiger partial charge >= 0.3 is 0 Å². The van der Waals surface area contributed by atoms with Crippen molar-refractivity contribution in [3.63, 3.8) is 0 Å². The van der Waals surface area contributed by atoms with Gasteiger partial charge < -0.3 is 19.9 Å². The highest BCUT2D eigenvalue weighted by Gasteiger charge is 2.42. The summed E-state index contributed by atoms with van der Waals surface area (Å²) in [7, 11) is 0. The molecule has 4 aliphatic carbocycles. The van der Waals surface area contributed by atoms with Gasteiger partial charge in [0.25, 0.3) is 0 Å². The van der Waals surface area contributed by atoms with Crippen LogP contribution in [0.2, 0.25) is 0 Å². The molecule has 6 aliphatic rings. The molecule has 0 aromatic rings. The van der Waals surface area contributed by atoms with Gasteiger partial charge in [-0.05, 0) is 85.3 Å². The smallest absolute Gasteiger partial charge is 0.152 e. The van der Waals surface area contributed by atoms with Gasteiger partial charge in [0.05, 0.1) is 18.8 Å². The molecule has 0 bridgehead atoms. The first kappa shape index (κ1) is 27.1. The van der Waals surface area contributed by atoms with E-state index in [4.69, 9.17) is 14.5 Å². The van der Waals surface area contributed by atoms with Crippen molar-refractivity contribution >= 4 is 5.84 Å². The Hall–Kier alpha value is -2.11. The molecule has 0 spiro atoms. The van der Waals surface area contributed by atoms with E-state index in [1.165, 1.54) is 41.6 Å². The van der Waals surface area contributed by atoms with E-state index in [0.717, 1.165) is 82.4 Å². The van der Waals surface area contributed by atoms with Crippen LogP contribution in [0.15, 0.2) is 63.4 Å². The molecule has 2 N–H and O–H groups in total. The van der Waals surface area contributed by atoms with Crippen molar-refractivity contribution in [2.75, 3.05) is 6.61 Å². The van der Waals surface area contributed by atoms with Crippen molar-refractivity contribution in [2.45, 2.75) is 122 Å². The third-order valence-corrected chi connectivity index (χ3v) is 9.99. The summed E-state index contributed by atoms with van der Waals surface area (Å²) in [4.78, 5) is 5.09. The van der Waals surface area contributed by atoms with Crippen molar-refractivity contribution in [3.8, 4) is 0 Å². The van der Waals surface area contributed by atoms with Crippen LogP contribution < -0.4 is 5.32 Å². The Kier molecular flexibility index (Phi) is 8.46. The summed E-state index contributed by atoms with van der Waals surface area (Å²) >= 11 is 0. The predicted molar refractivity (Wildman–Crippen MR) is 157 cm³/mol. The van der Waals surface area contributed by atoms with Crippen LogP contribution in [-0.2, 0) is 9.47 Å². The molecule has 0 amide bonds. The van der Waals surface area contributed by atoms with E-state index < -0.39 is 0 Å². The number of unbranched alkanes of at least 4 members (excludes halogenated alkanes) is 1. The number of aliphatic hydroxyl groups is 1. The number of nitrogens with one attached hydrogen (secondary N) is 1. The number of aliphatic hydroxyl groups excluding tert-OH is 1. The van der Waals surface area contributed by atoms with Gasteiger partial charge in [0, 0.05) is 18.3 Å². The molecule has 5 nitrogen and oxygen atoms in total. The molecular weight excluding hydrogens is 484 g/mol. The Morgan fingerprint density at radius 2 is 2.05 bits per heavy atom. The number of amidine groups is 1. The highest BCUT2D eigenvalue weighted by molar-refractivity contribution is 5.86. The first-order chi connectivity index (χ1) is 19.1. The normalized spacial score (nSPS) is 34.4. The molecule has 7 atom stereocenters. The van der Waals surface area contributed by atoms with E-state index in [1.807, 2.05) is 0 Å². The maximum absolute atomic E-state index is 10.9. The quantitative estimate of drug-likeness (QED) is 0.334. The average molecular weight is 533 g/mol. The van der Waals surface area contributed by atoms with E-state index in [-0.39, 0.29) is 30.4 Å². The molecule has 212 valence electrons. The summed E-state index contributed by atoms with van der Waals surface area (Å²) in [5.74, 6) is 3.13. The van der Waals surface area contributed by atoms with Crippen LogP contribution in [0.4, 0.5) is 0 Å². The molecule has 5 heteroatoms. The highest BCUT2D eigenvalue weighted by Crippen LogP contribution is 2.48. The van der Waals surface area contributed by atoms with Gasteiger partial charge in [-0.25, -0.2) is 4.99 Å². The second-order valence-electron chi connectivity index (χ2n) is 12.6. The predicted octanol–water partition coefficient (Wildman–Crippen LogP) is 7.06. The Morgan fingerprint density at radius 1 is 1.15 bits per heavy atom. The minimum atomic E-state index is -0.314. The van der Waals surface area contributed by atoms with E-state index in [1.54, 1.807) is 0 Å². The Labute approximate surface area is 235 Å². The van der Waals surface area contributed by atoms with Crippen LogP contribution in [0.1, 0.15) is 97.3 Å². The zero-order chi connectivity index (χ0) is 26.8. The fourth-order valence-corrected chi connectivity index (χ4v) is 7.56. The number of aliphatic imine (C=N–C) groups is 1. The van der Waals surface area contributed by atoms with Crippen molar-refractivity contribution in [1.29, 1.82) is 0 Å². The molecule has 7 unspecified atom stereocenters. The lowest BCUT2D eigenvalue weighted by Gasteiger charge is -2.38. The lowest BCUT2D eigenvalue weighted by atomic mass is 9.75. The fraction of sp³-hybridized carbons (Fsp3) is 0.676. The summed E-state index contributed by atoms with van der Waals surface area (Å²) in [5, 5.41) is 14.7. The number of hydrogen-bond acceptors (Lipinski definition) is 5. The van der Waals surface area contributed by atoms with Gasteiger partial charge in [0.2, 0.25) is 0 Å². The lowest BCUT2D eigenvalue weighted by Crippen LogP contribution is -2.50. The van der Waals surface area contributed by atoms with Crippen molar-refractivity contribution in [1.82, 2.24) is 5.32 Å². The largest absolute Gasteiger partial charge is 0.485 e. The van der Waals surface area contributed by atoms with Crippen molar-refractivity contribution < 1.29 is 14.6 Å². The molecule has 6 rings (SSSR count). The number of rotatable bonds is 9. The van der Waals surface area contributed by atoms with Gasteiger partial charge in [-0.1, -0.05) is 64.2 Å². The molecule has 1 fully saturated rings. The molecule has 0 aromatic heterocycles. The minimum absolute atomic E-state index is 0.0906. The monoisotopic (exact) mass is 532 g/mol. The van der Waals surface area contributed by atoms with Crippen LogP contribution >= 0.6 is 0 Å². The summed E-state index contributed by atoms with van der Waals surface area (Å²) in [6.07, 6.45) is 25.5. The second-order valence-corrected chi connectivity index (χ2v) is 12.6. The third-order valence-electron chi connectivity index (χ3n) is 9.99. The summed E-state index contributed by atoms with van der Waals surface area (Å²) in [5.41, 5.74) is 5.85. The number of ether oxygens (including phenoxy) is 2. The molecule has 0 saturated heterocycles. The maximum atomic E-state index is 10.9. The van der Waals surface area contributed by atoms with E-state index in [0.29, 0.717) is 11.8 Å². The molecule has 0 aromatic carbocycles. The van der Waals surface area contributed by atoms with Crippen molar-refractivity contribution in [3.05, 3.63) is 58.4 Å². The van der Waals surface area contributed by atoms with Gasteiger partial charge in [-0.2, -0.15) is 0 Å². The first-order valence-electron chi connectivity index (χ1n) is 16.0. The Balaban J connectivity index is 1.21. The number of nitrogens with zero attached hydrogens (tertiary/aromatic N) is 1. The molecule has 1 saturated carbocycles. The van der Waals surface area contributed by atoms with E-state index >= 15 is 0 Å². The summed E-state index contributed by atoms with van der Waals surface area (Å²) in [6.45, 7) is 5.31. The Morgan fingerprint density at radius 3 is 2.90 bits per heavy atom. The maximum Gasteiger partial charge on any atom is 0.152 e. The SMILES string of the molecule is CCCCC(CC)COC1CC(C2=CC3=C(CC2)C2C4=C(C=CC2O3)CCC=C4)NC(C2CCCCC2O)=N1. The number of allylic oxidation sites excluding steroid dienone is 5. The summed E-state index contributed by atoms with van der Waals surface area (Å²) in [6, 6.07) is 0.174. The molecule has 2 aliphatic heterocycles. The van der Waals surface area contributed by atoms with E-state index in [2.05, 4.69) is 49.5 Å². The van der Waals surface area contributed by atoms with Crippen LogP contribution in [0.25, 0.3) is 0 Å². The summed E-state index contributed by atoms with van der Waals surface area (Å²) < 4.78 is 13.1. The molecule has 0 radical (unpaired) electrons. The van der Waals surface area contributed by atoms with Crippen molar-refractivity contribution in [2.24, 2.45) is 22.7 Å². The molecule has 2 heterocycles. The topological polar surface area (TPSA) is 63.1 Å². The number of hydrogen-bond donors (Lipinski definition) is 2. The standard InChI is InChI=1S/C34H48N2O3/c1-3-5-10-22(4-2)21-38-32-20-28(35-34(36-32)26-13-8-9-14-29(26)37)24-15-17-27-31(19-24)39-30-18-16-23-11-6-7-12-25(23)33(27)30/h7,12,16,18-19,22,26,28-30,32-33,37H,3-6,8-11,13-15,17,20-21H2,1-2H3,(H,35,36). The van der Waals surface area contributed by atoms with E-state index in [9.17, 15) is 5.11 Å². The Bertz CT molecular complexity index is 1100. The van der Waals surface area contributed by atoms with Crippen LogP contribution in [0.5, 0.6) is 0 Å². The van der Waals surface area contributed by atoms with Crippen LogP contribution in [0, 0.1) is 17.8 Å².